The molecule has 1 heterocycles. The van der Waals surface area contributed by atoms with E-state index in [1.54, 1.807) is 6.20 Å². The van der Waals surface area contributed by atoms with Crippen LogP contribution in [0.15, 0.2) is 11.6 Å². The highest BCUT2D eigenvalue weighted by atomic mass is 32.2. The Balaban J connectivity index is 2.23. The van der Waals surface area contributed by atoms with Gasteiger partial charge in [-0.25, -0.2) is 18.1 Å². The maximum atomic E-state index is 11.5. The Hall–Kier alpha value is -0.500. The summed E-state index contributed by atoms with van der Waals surface area (Å²) in [6.07, 6.45) is 3.21. The monoisotopic (exact) mass is 263 g/mol. The van der Waals surface area contributed by atoms with Crippen molar-refractivity contribution in [3.63, 3.8) is 0 Å². The Morgan fingerprint density at radius 1 is 1.44 bits per heavy atom. The Morgan fingerprint density at radius 3 is 2.88 bits per heavy atom. The molecule has 0 aliphatic rings. The van der Waals surface area contributed by atoms with E-state index in [1.165, 1.54) is 11.3 Å². The summed E-state index contributed by atoms with van der Waals surface area (Å²) in [5, 5.41) is 5.61. The molecule has 1 aromatic heterocycles. The highest BCUT2D eigenvalue weighted by Crippen LogP contribution is 2.04. The summed E-state index contributed by atoms with van der Waals surface area (Å²) in [4.78, 5) is 4.01. The highest BCUT2D eigenvalue weighted by Gasteiger charge is 2.09. The number of nitrogens with zero attached hydrogens (tertiary/aromatic N) is 1. The van der Waals surface area contributed by atoms with E-state index in [0.717, 1.165) is 18.0 Å². The molecule has 0 fully saturated rings. The van der Waals surface area contributed by atoms with Gasteiger partial charge in [-0.1, -0.05) is 0 Å². The molecule has 0 aromatic carbocycles. The van der Waals surface area contributed by atoms with Gasteiger partial charge in [0.05, 0.1) is 12.3 Å². The molecule has 0 aliphatic carbocycles. The Kier molecular flexibility index (Phi) is 5.89. The number of hydrogen-bond acceptors (Lipinski definition) is 5. The van der Waals surface area contributed by atoms with Crippen LogP contribution >= 0.6 is 11.3 Å². The van der Waals surface area contributed by atoms with Crippen LogP contribution in [0.25, 0.3) is 0 Å². The second-order valence-corrected chi connectivity index (χ2v) is 6.28. The minimum Gasteiger partial charge on any atom is -0.320 e. The lowest BCUT2D eigenvalue weighted by molar-refractivity contribution is 0.575. The lowest BCUT2D eigenvalue weighted by Crippen LogP contribution is -2.26. The van der Waals surface area contributed by atoms with Crippen molar-refractivity contribution in [1.82, 2.24) is 15.0 Å². The topological polar surface area (TPSA) is 71.1 Å². The molecule has 1 rings (SSSR count). The van der Waals surface area contributed by atoms with E-state index < -0.39 is 10.0 Å². The van der Waals surface area contributed by atoms with Crippen molar-refractivity contribution in [2.24, 2.45) is 0 Å². The van der Waals surface area contributed by atoms with Gasteiger partial charge in [0.15, 0.2) is 0 Å². The number of nitrogens with one attached hydrogen (secondary N) is 2. The van der Waals surface area contributed by atoms with E-state index in [-0.39, 0.29) is 5.75 Å². The summed E-state index contributed by atoms with van der Waals surface area (Å²) < 4.78 is 25.6. The quantitative estimate of drug-likeness (QED) is 0.672. The fourth-order valence-electron chi connectivity index (χ4n) is 1.18. The van der Waals surface area contributed by atoms with Gasteiger partial charge >= 0.3 is 0 Å². The average Bonchev–Trinajstić information content (AvgIpc) is 2.75. The van der Waals surface area contributed by atoms with Crippen LogP contribution in [-0.4, -0.2) is 32.7 Å². The van der Waals surface area contributed by atoms with Crippen molar-refractivity contribution < 1.29 is 8.42 Å². The molecule has 0 saturated heterocycles. The van der Waals surface area contributed by atoms with Crippen LogP contribution in [0, 0.1) is 0 Å². The molecule has 92 valence electrons. The number of aromatic nitrogens is 1. The Bertz CT molecular complexity index is 375. The molecule has 7 heteroatoms. The molecule has 0 amide bonds. The third-order valence-corrected chi connectivity index (χ3v) is 4.21. The second-order valence-electron chi connectivity index (χ2n) is 3.38. The van der Waals surface area contributed by atoms with E-state index in [9.17, 15) is 8.42 Å². The van der Waals surface area contributed by atoms with E-state index >= 15 is 0 Å². The summed E-state index contributed by atoms with van der Waals surface area (Å²) in [5.41, 5.74) is 0. The van der Waals surface area contributed by atoms with Crippen LogP contribution in [0.3, 0.4) is 0 Å². The standard InChI is InChI=1S/C9H17N3O2S2/c1-10-4-2-3-7-16(13,14)12-8-9-11-5-6-15-9/h5-6,10,12H,2-4,7-8H2,1H3. The van der Waals surface area contributed by atoms with Crippen LogP contribution < -0.4 is 10.0 Å². The largest absolute Gasteiger partial charge is 0.320 e. The number of hydrogen-bond donors (Lipinski definition) is 2. The molecule has 0 spiro atoms. The van der Waals surface area contributed by atoms with E-state index in [2.05, 4.69) is 15.0 Å². The number of unbranched alkanes of at least 4 members (excludes halogenated alkanes) is 1. The van der Waals surface area contributed by atoms with Crippen molar-refractivity contribution in [3.8, 4) is 0 Å². The normalized spacial score (nSPS) is 11.8. The highest BCUT2D eigenvalue weighted by molar-refractivity contribution is 7.89. The molecule has 0 bridgehead atoms. The van der Waals surface area contributed by atoms with Gasteiger partial charge < -0.3 is 5.32 Å². The Labute approximate surface area is 100 Å². The lowest BCUT2D eigenvalue weighted by atomic mass is 10.3. The maximum absolute atomic E-state index is 11.5. The van der Waals surface area contributed by atoms with Gasteiger partial charge in [0, 0.05) is 11.6 Å². The van der Waals surface area contributed by atoms with Crippen LogP contribution in [0.5, 0.6) is 0 Å². The molecule has 0 aliphatic heterocycles. The summed E-state index contributed by atoms with van der Waals surface area (Å²) in [6.45, 7) is 1.15. The van der Waals surface area contributed by atoms with Gasteiger partial charge in [-0.15, -0.1) is 11.3 Å². The maximum Gasteiger partial charge on any atom is 0.211 e. The second kappa shape index (κ2) is 6.95. The molecular weight excluding hydrogens is 246 g/mol. The first-order chi connectivity index (χ1) is 7.64. The lowest BCUT2D eigenvalue weighted by Gasteiger charge is -2.04. The van der Waals surface area contributed by atoms with Crippen molar-refractivity contribution in [3.05, 3.63) is 16.6 Å². The minimum absolute atomic E-state index is 0.181. The van der Waals surface area contributed by atoms with Crippen molar-refractivity contribution in [2.45, 2.75) is 19.4 Å². The summed E-state index contributed by atoms with van der Waals surface area (Å²) in [7, 11) is -1.29. The molecular formula is C9H17N3O2S2. The molecule has 5 nitrogen and oxygen atoms in total. The van der Waals surface area contributed by atoms with Gasteiger partial charge in [-0.3, -0.25) is 0 Å². The van der Waals surface area contributed by atoms with Crippen LogP contribution in [-0.2, 0) is 16.6 Å². The zero-order chi connectivity index (χ0) is 11.9. The van der Waals surface area contributed by atoms with Crippen molar-refractivity contribution in [2.75, 3.05) is 19.3 Å². The molecule has 1 aromatic rings. The first-order valence-electron chi connectivity index (χ1n) is 5.14. The molecule has 0 atom stereocenters. The van der Waals surface area contributed by atoms with E-state index in [4.69, 9.17) is 0 Å². The number of sulfonamides is 1. The minimum atomic E-state index is -3.15. The van der Waals surface area contributed by atoms with E-state index in [1.807, 2.05) is 12.4 Å². The molecule has 16 heavy (non-hydrogen) atoms. The zero-order valence-corrected chi connectivity index (χ0v) is 10.9. The van der Waals surface area contributed by atoms with Crippen molar-refractivity contribution >= 4 is 21.4 Å². The molecule has 0 saturated carbocycles. The van der Waals surface area contributed by atoms with Gasteiger partial charge in [-0.05, 0) is 26.4 Å². The fraction of sp³-hybridized carbons (Fsp3) is 0.667. The zero-order valence-electron chi connectivity index (χ0n) is 9.27. The smallest absolute Gasteiger partial charge is 0.211 e. The number of thiazole rings is 1. The van der Waals surface area contributed by atoms with Crippen LogP contribution in [0.1, 0.15) is 17.8 Å². The molecule has 2 N–H and O–H groups in total. The fourth-order valence-corrected chi connectivity index (χ4v) is 2.91. The van der Waals surface area contributed by atoms with Gasteiger partial charge in [0.25, 0.3) is 0 Å². The van der Waals surface area contributed by atoms with Gasteiger partial charge in [-0.2, -0.15) is 0 Å². The first-order valence-corrected chi connectivity index (χ1v) is 7.67. The van der Waals surface area contributed by atoms with Gasteiger partial charge in [0.2, 0.25) is 10.0 Å². The predicted molar refractivity (Wildman–Crippen MR) is 65.9 cm³/mol. The number of rotatable bonds is 8. The summed E-state index contributed by atoms with van der Waals surface area (Å²) in [6, 6.07) is 0. The first kappa shape index (κ1) is 13.6. The molecule has 0 radical (unpaired) electrons. The summed E-state index contributed by atoms with van der Waals surface area (Å²) in [5.74, 6) is 0.181. The Morgan fingerprint density at radius 2 is 2.25 bits per heavy atom. The van der Waals surface area contributed by atoms with Crippen molar-refractivity contribution in [1.29, 1.82) is 0 Å². The predicted octanol–water partition coefficient (Wildman–Crippen LogP) is 0.562. The van der Waals surface area contributed by atoms with E-state index in [0.29, 0.717) is 13.0 Å². The van der Waals surface area contributed by atoms with Crippen LogP contribution in [0.4, 0.5) is 0 Å². The summed E-state index contributed by atoms with van der Waals surface area (Å²) >= 11 is 1.45. The average molecular weight is 263 g/mol. The SMILES string of the molecule is CNCCCCS(=O)(=O)NCc1nccs1. The van der Waals surface area contributed by atoms with Crippen LogP contribution in [0.2, 0.25) is 0 Å². The third-order valence-electron chi connectivity index (χ3n) is 2.02. The third kappa shape index (κ3) is 5.55. The van der Waals surface area contributed by atoms with Gasteiger partial charge in [0.1, 0.15) is 5.01 Å². The molecule has 0 unspecified atom stereocenters.